The largest absolute Gasteiger partial charge is 0.484 e. The number of carbonyl (C=O) groups is 3. The lowest BCUT2D eigenvalue weighted by molar-refractivity contribution is -0.122. The summed E-state index contributed by atoms with van der Waals surface area (Å²) in [5, 5.41) is 6.63. The van der Waals surface area contributed by atoms with Crippen molar-refractivity contribution in [2.45, 2.75) is 6.54 Å². The molecule has 2 aromatic rings. The second kappa shape index (κ2) is 7.95. The fraction of sp³-hybridized carbons (Fsp3) is 0.133. The number of ether oxygens (including phenoxy) is 1. The van der Waals surface area contributed by atoms with Crippen LogP contribution in [0.4, 0.5) is 4.79 Å². The maximum Gasteiger partial charge on any atom is 0.321 e. The van der Waals surface area contributed by atoms with Gasteiger partial charge in [0.2, 0.25) is 5.91 Å². The van der Waals surface area contributed by atoms with Crippen LogP contribution in [0, 0.1) is 0 Å². The van der Waals surface area contributed by atoms with Gasteiger partial charge in [-0.1, -0.05) is 6.07 Å². The third-order valence-electron chi connectivity index (χ3n) is 2.76. The van der Waals surface area contributed by atoms with Crippen LogP contribution in [0.1, 0.15) is 15.2 Å². The lowest BCUT2D eigenvalue weighted by atomic mass is 10.2. The Morgan fingerprint density at radius 1 is 1.13 bits per heavy atom. The first-order chi connectivity index (χ1) is 11.0. The Kier molecular flexibility index (Phi) is 5.70. The molecule has 0 aliphatic heterocycles. The molecular weight excluding hydrogens is 318 g/mol. The van der Waals surface area contributed by atoms with E-state index in [-0.39, 0.29) is 6.61 Å². The average molecular weight is 333 g/mol. The van der Waals surface area contributed by atoms with Crippen molar-refractivity contribution in [2.24, 2.45) is 5.73 Å². The second-order valence-electron chi connectivity index (χ2n) is 4.49. The van der Waals surface area contributed by atoms with E-state index < -0.39 is 17.8 Å². The number of urea groups is 1. The third kappa shape index (κ3) is 5.44. The molecule has 1 aromatic carbocycles. The van der Waals surface area contributed by atoms with Crippen LogP contribution in [0.3, 0.4) is 0 Å². The van der Waals surface area contributed by atoms with Crippen LogP contribution >= 0.6 is 11.3 Å². The molecule has 0 atom stereocenters. The number of thiophene rings is 1. The fourth-order valence-electron chi connectivity index (χ4n) is 1.65. The van der Waals surface area contributed by atoms with E-state index in [1.165, 1.54) is 35.6 Å². The van der Waals surface area contributed by atoms with Gasteiger partial charge >= 0.3 is 6.03 Å². The highest BCUT2D eigenvalue weighted by molar-refractivity contribution is 7.09. The molecule has 0 saturated carbocycles. The lowest BCUT2D eigenvalue weighted by Crippen LogP contribution is -2.41. The van der Waals surface area contributed by atoms with Crippen LogP contribution in [0.15, 0.2) is 41.8 Å². The van der Waals surface area contributed by atoms with Gasteiger partial charge in [-0.15, -0.1) is 11.3 Å². The quantitative estimate of drug-likeness (QED) is 0.739. The summed E-state index contributed by atoms with van der Waals surface area (Å²) in [5.41, 5.74) is 5.46. The molecule has 0 saturated heterocycles. The van der Waals surface area contributed by atoms with Crippen LogP contribution < -0.4 is 21.1 Å². The molecule has 7 nitrogen and oxygen atoms in total. The summed E-state index contributed by atoms with van der Waals surface area (Å²) in [4.78, 5) is 35.0. The van der Waals surface area contributed by atoms with E-state index in [4.69, 9.17) is 10.5 Å². The van der Waals surface area contributed by atoms with Gasteiger partial charge in [-0.05, 0) is 35.7 Å². The number of nitrogens with two attached hydrogens (primary N) is 1. The molecule has 0 spiro atoms. The molecule has 0 fully saturated rings. The Balaban J connectivity index is 1.71. The zero-order valence-corrected chi connectivity index (χ0v) is 12.9. The first-order valence-electron chi connectivity index (χ1n) is 6.67. The molecule has 8 heteroatoms. The first kappa shape index (κ1) is 16.5. The Morgan fingerprint density at radius 2 is 1.87 bits per heavy atom. The summed E-state index contributed by atoms with van der Waals surface area (Å²) in [6, 6.07) is 9.19. The Hall–Kier alpha value is -2.87. The van der Waals surface area contributed by atoms with Crippen molar-refractivity contribution in [3.05, 3.63) is 52.2 Å². The van der Waals surface area contributed by atoms with Crippen molar-refractivity contribution in [3.8, 4) is 5.75 Å². The molecule has 0 unspecified atom stereocenters. The van der Waals surface area contributed by atoms with Gasteiger partial charge in [0.25, 0.3) is 5.91 Å². The van der Waals surface area contributed by atoms with Gasteiger partial charge in [0.05, 0.1) is 6.54 Å². The number of imide groups is 1. The zero-order valence-electron chi connectivity index (χ0n) is 12.1. The zero-order chi connectivity index (χ0) is 16.7. The van der Waals surface area contributed by atoms with Crippen LogP contribution in [-0.2, 0) is 11.3 Å². The maximum atomic E-state index is 11.6. The molecule has 1 aromatic heterocycles. The number of nitrogens with one attached hydrogen (secondary N) is 2. The van der Waals surface area contributed by atoms with Crippen LogP contribution in [0.5, 0.6) is 5.75 Å². The minimum absolute atomic E-state index is 0.317. The highest BCUT2D eigenvalue weighted by Gasteiger charge is 2.09. The van der Waals surface area contributed by atoms with Crippen LogP contribution in [0.25, 0.3) is 0 Å². The molecule has 0 bridgehead atoms. The van der Waals surface area contributed by atoms with Gasteiger partial charge in [0.15, 0.2) is 6.61 Å². The predicted molar refractivity (Wildman–Crippen MR) is 85.2 cm³/mol. The maximum absolute atomic E-state index is 11.6. The Labute approximate surface area is 136 Å². The number of carbonyl (C=O) groups excluding carboxylic acids is 3. The number of hydrogen-bond donors (Lipinski definition) is 3. The third-order valence-corrected chi connectivity index (χ3v) is 3.64. The summed E-state index contributed by atoms with van der Waals surface area (Å²) in [7, 11) is 0. The average Bonchev–Trinajstić information content (AvgIpc) is 3.05. The van der Waals surface area contributed by atoms with Gasteiger partial charge in [0.1, 0.15) is 5.75 Å². The van der Waals surface area contributed by atoms with E-state index in [1.54, 1.807) is 0 Å². The molecule has 0 aliphatic rings. The summed E-state index contributed by atoms with van der Waals surface area (Å²) < 4.78 is 5.21. The summed E-state index contributed by atoms with van der Waals surface area (Å²) in [6.45, 7) is 0.0363. The summed E-state index contributed by atoms with van der Waals surface area (Å²) >= 11 is 1.51. The van der Waals surface area contributed by atoms with Gasteiger partial charge in [-0.2, -0.15) is 0 Å². The molecular formula is C15H15N3O4S. The molecule has 2 rings (SSSR count). The van der Waals surface area contributed by atoms with E-state index in [0.717, 1.165) is 4.88 Å². The van der Waals surface area contributed by atoms with Gasteiger partial charge in [-0.3, -0.25) is 14.9 Å². The van der Waals surface area contributed by atoms with Crippen molar-refractivity contribution in [3.63, 3.8) is 0 Å². The summed E-state index contributed by atoms with van der Waals surface area (Å²) in [5.74, 6) is -0.728. The normalized spacial score (nSPS) is 9.91. The summed E-state index contributed by atoms with van der Waals surface area (Å²) in [6.07, 6.45) is 0. The van der Waals surface area contributed by atoms with Crippen molar-refractivity contribution < 1.29 is 19.1 Å². The number of hydrogen-bond acceptors (Lipinski definition) is 5. The topological polar surface area (TPSA) is 111 Å². The highest BCUT2D eigenvalue weighted by Crippen LogP contribution is 2.11. The van der Waals surface area contributed by atoms with Crippen molar-refractivity contribution >= 4 is 29.2 Å². The second-order valence-corrected chi connectivity index (χ2v) is 5.52. The molecule has 0 radical (unpaired) electrons. The molecule has 4 amide bonds. The minimum Gasteiger partial charge on any atom is -0.484 e. The molecule has 120 valence electrons. The Morgan fingerprint density at radius 3 is 2.48 bits per heavy atom. The number of benzene rings is 1. The van der Waals surface area contributed by atoms with Crippen molar-refractivity contribution in [1.82, 2.24) is 10.6 Å². The van der Waals surface area contributed by atoms with Gasteiger partial charge in [0, 0.05) is 10.4 Å². The van der Waals surface area contributed by atoms with Crippen LogP contribution in [0.2, 0.25) is 0 Å². The number of primary amides is 1. The van der Waals surface area contributed by atoms with E-state index in [9.17, 15) is 14.4 Å². The van der Waals surface area contributed by atoms with Crippen molar-refractivity contribution in [1.29, 1.82) is 0 Å². The standard InChI is InChI=1S/C15H15N3O4S/c16-14(20)10-3-5-11(6-4-10)22-9-13(19)18-15(21)17-8-12-2-1-7-23-12/h1-7H,8-9H2,(H2,16,20)(H2,17,18,19,21). The minimum atomic E-state index is -0.587. The predicted octanol–water partition coefficient (Wildman–Crippen LogP) is 1.25. The molecule has 0 aliphatic carbocycles. The van der Waals surface area contributed by atoms with E-state index in [1.807, 2.05) is 17.5 Å². The fourth-order valence-corrected chi connectivity index (χ4v) is 2.30. The van der Waals surface area contributed by atoms with E-state index in [2.05, 4.69) is 10.6 Å². The molecule has 23 heavy (non-hydrogen) atoms. The number of rotatable bonds is 6. The van der Waals surface area contributed by atoms with Gasteiger partial charge < -0.3 is 15.8 Å². The van der Waals surface area contributed by atoms with E-state index in [0.29, 0.717) is 17.9 Å². The Bertz CT molecular complexity index is 683. The monoisotopic (exact) mass is 333 g/mol. The lowest BCUT2D eigenvalue weighted by Gasteiger charge is -2.08. The molecule has 1 heterocycles. The van der Waals surface area contributed by atoms with Gasteiger partial charge in [-0.25, -0.2) is 4.79 Å². The highest BCUT2D eigenvalue weighted by atomic mass is 32.1. The smallest absolute Gasteiger partial charge is 0.321 e. The number of amides is 4. The SMILES string of the molecule is NC(=O)c1ccc(OCC(=O)NC(=O)NCc2cccs2)cc1. The molecule has 4 N–H and O–H groups in total. The van der Waals surface area contributed by atoms with Crippen LogP contribution in [-0.4, -0.2) is 24.5 Å². The van der Waals surface area contributed by atoms with E-state index >= 15 is 0 Å². The first-order valence-corrected chi connectivity index (χ1v) is 7.55. The van der Waals surface area contributed by atoms with Crippen molar-refractivity contribution in [2.75, 3.05) is 6.61 Å².